The molecule has 0 aromatic rings. The molecule has 1 aliphatic carbocycles. The summed E-state index contributed by atoms with van der Waals surface area (Å²) in [6.45, 7) is 11.5. The van der Waals surface area contributed by atoms with Gasteiger partial charge in [0.15, 0.2) is 0 Å². The minimum Gasteiger partial charge on any atom is -0.447 e. The summed E-state index contributed by atoms with van der Waals surface area (Å²) in [6, 6.07) is 0. The normalized spacial score (nSPS) is 42.1. The molecule has 12 heavy (non-hydrogen) atoms. The van der Waals surface area contributed by atoms with Crippen LogP contribution in [0.5, 0.6) is 0 Å². The van der Waals surface area contributed by atoms with Crippen LogP contribution in [0.25, 0.3) is 0 Å². The first kappa shape index (κ1) is 9.85. The fourth-order valence-electron chi connectivity index (χ4n) is 2.26. The average molecular weight is 164 g/mol. The van der Waals surface area contributed by atoms with Crippen LogP contribution in [0.15, 0.2) is 12.2 Å². The molecule has 1 rings (SSSR count). The van der Waals surface area contributed by atoms with Crippen LogP contribution in [0.3, 0.4) is 0 Å². The van der Waals surface area contributed by atoms with Crippen LogP contribution >= 0.6 is 0 Å². The van der Waals surface area contributed by atoms with Crippen LogP contribution in [0.1, 0.15) is 20.8 Å². The van der Waals surface area contributed by atoms with E-state index in [0.29, 0.717) is 30.3 Å². The van der Waals surface area contributed by atoms with E-state index >= 15 is 0 Å². The molecule has 0 spiro atoms. The predicted octanol–water partition coefficient (Wildman–Crippen LogP) is 2.18. The summed E-state index contributed by atoms with van der Waals surface area (Å²) >= 11 is 0. The van der Waals surface area contributed by atoms with Crippen molar-refractivity contribution in [3.05, 3.63) is 12.2 Å². The van der Waals surface area contributed by atoms with Gasteiger partial charge in [-0.25, -0.2) is 0 Å². The van der Waals surface area contributed by atoms with E-state index < -0.39 is 0 Å². The Morgan fingerprint density at radius 3 is 2.25 bits per heavy atom. The van der Waals surface area contributed by atoms with Gasteiger partial charge in [-0.2, -0.15) is 0 Å². The molecular formula is C10H17BO. The summed E-state index contributed by atoms with van der Waals surface area (Å²) in [5.41, 5.74) is 1.35. The van der Waals surface area contributed by atoms with Crippen LogP contribution in [0, 0.1) is 23.7 Å². The zero-order valence-corrected chi connectivity index (χ0v) is 8.21. The zero-order valence-electron chi connectivity index (χ0n) is 8.21. The summed E-state index contributed by atoms with van der Waals surface area (Å²) in [6.07, 6.45) is 0. The van der Waals surface area contributed by atoms with E-state index in [4.69, 9.17) is 12.7 Å². The van der Waals surface area contributed by atoms with E-state index in [1.807, 2.05) is 0 Å². The van der Waals surface area contributed by atoms with Crippen molar-refractivity contribution in [2.24, 2.45) is 23.7 Å². The van der Waals surface area contributed by atoms with E-state index in [2.05, 4.69) is 27.4 Å². The van der Waals surface area contributed by atoms with Crippen LogP contribution in [0.2, 0.25) is 0 Å². The topological polar surface area (TPSA) is 9.23 Å². The molecule has 0 aromatic carbocycles. The molecule has 1 fully saturated rings. The summed E-state index contributed by atoms with van der Waals surface area (Å²) in [7, 11) is 5.09. The Morgan fingerprint density at radius 1 is 1.33 bits per heavy atom. The number of hydrogen-bond donors (Lipinski definition) is 0. The Balaban J connectivity index is 2.69. The Hall–Kier alpha value is -0.235. The Bertz CT molecular complexity index is 179. The molecule has 0 aliphatic heterocycles. The Kier molecular flexibility index (Phi) is 3.00. The van der Waals surface area contributed by atoms with Crippen molar-refractivity contribution in [2.75, 3.05) is 6.61 Å². The third-order valence-electron chi connectivity index (χ3n) is 3.56. The SMILES string of the molecule is [B]OCC1C(C)C(=C)C(C)C1C. The maximum Gasteiger partial charge on any atom is 0.282 e. The van der Waals surface area contributed by atoms with Gasteiger partial charge >= 0.3 is 0 Å². The average Bonchev–Trinajstić information content (AvgIpc) is 2.23. The van der Waals surface area contributed by atoms with Gasteiger partial charge in [-0.1, -0.05) is 32.9 Å². The molecule has 0 N–H and O–H groups in total. The van der Waals surface area contributed by atoms with Crippen molar-refractivity contribution in [1.29, 1.82) is 0 Å². The molecule has 4 unspecified atom stereocenters. The van der Waals surface area contributed by atoms with Crippen LogP contribution < -0.4 is 0 Å². The monoisotopic (exact) mass is 164 g/mol. The van der Waals surface area contributed by atoms with Crippen molar-refractivity contribution in [3.8, 4) is 0 Å². The second-order valence-corrected chi connectivity index (χ2v) is 4.01. The zero-order chi connectivity index (χ0) is 9.30. The quantitative estimate of drug-likeness (QED) is 0.449. The van der Waals surface area contributed by atoms with Crippen molar-refractivity contribution in [3.63, 3.8) is 0 Å². The van der Waals surface area contributed by atoms with E-state index in [0.717, 1.165) is 0 Å². The lowest BCUT2D eigenvalue weighted by atomic mass is 9.90. The molecule has 0 amide bonds. The Morgan fingerprint density at radius 2 is 1.92 bits per heavy atom. The molecule has 1 aliphatic rings. The number of hydrogen-bond acceptors (Lipinski definition) is 1. The molecule has 0 heterocycles. The molecule has 0 saturated heterocycles. The molecule has 0 bridgehead atoms. The van der Waals surface area contributed by atoms with Crippen molar-refractivity contribution < 1.29 is 4.65 Å². The highest BCUT2D eigenvalue weighted by atomic mass is 16.4. The van der Waals surface area contributed by atoms with Gasteiger partial charge < -0.3 is 4.65 Å². The molecule has 0 aromatic heterocycles. The van der Waals surface area contributed by atoms with Crippen LogP contribution in [-0.4, -0.2) is 14.7 Å². The van der Waals surface area contributed by atoms with E-state index in [9.17, 15) is 0 Å². The van der Waals surface area contributed by atoms with Gasteiger partial charge in [-0.05, 0) is 23.7 Å². The number of rotatable bonds is 2. The highest BCUT2D eigenvalue weighted by Crippen LogP contribution is 2.44. The van der Waals surface area contributed by atoms with Gasteiger partial charge in [-0.3, -0.25) is 0 Å². The molecule has 1 nitrogen and oxygen atoms in total. The minimum atomic E-state index is 0.553. The third-order valence-corrected chi connectivity index (χ3v) is 3.56. The highest BCUT2D eigenvalue weighted by molar-refractivity contribution is 5.97. The van der Waals surface area contributed by atoms with Crippen LogP contribution in [-0.2, 0) is 4.65 Å². The van der Waals surface area contributed by atoms with Crippen molar-refractivity contribution in [2.45, 2.75) is 20.8 Å². The smallest absolute Gasteiger partial charge is 0.282 e. The van der Waals surface area contributed by atoms with Crippen LogP contribution in [0.4, 0.5) is 0 Å². The van der Waals surface area contributed by atoms with Gasteiger partial charge in [0.2, 0.25) is 0 Å². The first-order valence-corrected chi connectivity index (χ1v) is 4.60. The van der Waals surface area contributed by atoms with Gasteiger partial charge in [0, 0.05) is 6.61 Å². The fraction of sp³-hybridized carbons (Fsp3) is 0.800. The number of allylic oxidation sites excluding steroid dienone is 1. The first-order valence-electron chi connectivity index (χ1n) is 4.60. The molecule has 2 heteroatoms. The Labute approximate surface area is 76.6 Å². The maximum atomic E-state index is 5.09. The standard InChI is InChI=1S/C10H17BO/c1-6-7(2)9(4)10(5-12-11)8(6)3/h7-10H,1,5H2,2-4H3. The largest absolute Gasteiger partial charge is 0.447 e. The first-order chi connectivity index (χ1) is 5.59. The summed E-state index contributed by atoms with van der Waals surface area (Å²) < 4.78 is 4.72. The lowest BCUT2D eigenvalue weighted by Gasteiger charge is -2.19. The van der Waals surface area contributed by atoms with Gasteiger partial charge in [-0.15, -0.1) is 0 Å². The maximum absolute atomic E-state index is 5.09. The third kappa shape index (κ3) is 1.45. The van der Waals surface area contributed by atoms with E-state index in [-0.39, 0.29) is 0 Å². The highest BCUT2D eigenvalue weighted by Gasteiger charge is 2.38. The molecule has 4 atom stereocenters. The van der Waals surface area contributed by atoms with E-state index in [1.54, 1.807) is 0 Å². The van der Waals surface area contributed by atoms with Gasteiger partial charge in [0.25, 0.3) is 8.05 Å². The lowest BCUT2D eigenvalue weighted by Crippen LogP contribution is -2.18. The molecular weight excluding hydrogens is 147 g/mol. The summed E-state index contributed by atoms with van der Waals surface area (Å²) in [4.78, 5) is 0. The van der Waals surface area contributed by atoms with Gasteiger partial charge in [0.05, 0.1) is 0 Å². The molecule has 2 radical (unpaired) electrons. The second-order valence-electron chi connectivity index (χ2n) is 4.01. The minimum absolute atomic E-state index is 0.553. The predicted molar refractivity (Wildman–Crippen MR) is 51.8 cm³/mol. The van der Waals surface area contributed by atoms with Crippen molar-refractivity contribution >= 4 is 8.05 Å². The van der Waals surface area contributed by atoms with Crippen molar-refractivity contribution in [1.82, 2.24) is 0 Å². The summed E-state index contributed by atoms with van der Waals surface area (Å²) in [5.74, 6) is 2.37. The fourth-order valence-corrected chi connectivity index (χ4v) is 2.26. The summed E-state index contributed by atoms with van der Waals surface area (Å²) in [5, 5.41) is 0. The van der Waals surface area contributed by atoms with Gasteiger partial charge in [0.1, 0.15) is 0 Å². The lowest BCUT2D eigenvalue weighted by molar-refractivity contribution is 0.198. The molecule has 66 valence electrons. The second kappa shape index (κ2) is 3.65. The van der Waals surface area contributed by atoms with E-state index in [1.165, 1.54) is 5.57 Å². The molecule has 1 saturated carbocycles.